The van der Waals surface area contributed by atoms with Gasteiger partial charge in [-0.1, -0.05) is 30.7 Å². The van der Waals surface area contributed by atoms with E-state index in [1.807, 2.05) is 20.8 Å². The van der Waals surface area contributed by atoms with Crippen molar-refractivity contribution in [1.82, 2.24) is 0 Å². The molecule has 188 valence electrons. The van der Waals surface area contributed by atoms with Crippen LogP contribution >= 0.6 is 0 Å². The highest BCUT2D eigenvalue weighted by Gasteiger charge is 2.21. The highest BCUT2D eigenvalue weighted by Crippen LogP contribution is 2.30. The molecule has 0 aliphatic carbocycles. The van der Waals surface area contributed by atoms with Crippen LogP contribution in [-0.4, -0.2) is 45.2 Å². The van der Waals surface area contributed by atoms with Crippen molar-refractivity contribution < 1.29 is 29.6 Å². The topological polar surface area (TPSA) is 104 Å². The van der Waals surface area contributed by atoms with E-state index < -0.39 is 11.2 Å². The summed E-state index contributed by atoms with van der Waals surface area (Å²) < 4.78 is 5.37. The summed E-state index contributed by atoms with van der Waals surface area (Å²) in [6, 6.07) is 3.13. The summed E-state index contributed by atoms with van der Waals surface area (Å²) in [6.07, 6.45) is 9.66. The first kappa shape index (κ1) is 29.3. The number of ether oxygens (including phenoxy) is 1. The molecule has 0 bridgehead atoms. The number of aliphatic hydroxyl groups is 2. The summed E-state index contributed by atoms with van der Waals surface area (Å²) in [5.74, 6) is 0.308. The summed E-state index contributed by atoms with van der Waals surface area (Å²) >= 11 is 0. The maximum absolute atomic E-state index is 12.5. The quantitative estimate of drug-likeness (QED) is 0.346. The van der Waals surface area contributed by atoms with Gasteiger partial charge in [-0.05, 0) is 83.7 Å². The molecule has 0 radical (unpaired) electrons. The van der Waals surface area contributed by atoms with Crippen LogP contribution in [0.4, 0.5) is 0 Å². The van der Waals surface area contributed by atoms with Crippen molar-refractivity contribution in [2.75, 3.05) is 7.11 Å². The van der Waals surface area contributed by atoms with Gasteiger partial charge in [0, 0.05) is 17.9 Å². The lowest BCUT2D eigenvalue weighted by Gasteiger charge is -2.18. The highest BCUT2D eigenvalue weighted by molar-refractivity contribution is 5.92. The Morgan fingerprint density at radius 3 is 2.38 bits per heavy atom. The van der Waals surface area contributed by atoms with Crippen molar-refractivity contribution in [2.45, 2.75) is 78.4 Å². The standard InChI is InChI=1S/C28H40O6/c1-19(9-8-10-20(2)25(31)12-13-27(4,5)32)15-24(30)18-28(6,33)14-11-22-17-23(29)16-21(3)26(22)34-7/h11-17,20,29,32-33H,8-10,18H2,1-7H3/t20-,28-/m1/s1. The molecule has 0 saturated heterocycles. The van der Waals surface area contributed by atoms with Crippen LogP contribution in [0.2, 0.25) is 0 Å². The number of phenolic OH excluding ortho intramolecular Hbond substituents is 1. The molecule has 0 fully saturated rings. The summed E-state index contributed by atoms with van der Waals surface area (Å²) in [4.78, 5) is 24.6. The molecule has 1 aromatic carbocycles. The predicted molar refractivity (Wildman–Crippen MR) is 136 cm³/mol. The Kier molecular flexibility index (Phi) is 10.9. The summed E-state index contributed by atoms with van der Waals surface area (Å²) in [7, 11) is 1.54. The number of carbonyl (C=O) groups is 2. The molecule has 0 aliphatic rings. The first-order chi connectivity index (χ1) is 15.6. The van der Waals surface area contributed by atoms with Gasteiger partial charge in [-0.15, -0.1) is 0 Å². The number of carbonyl (C=O) groups excluding carboxylic acids is 2. The van der Waals surface area contributed by atoms with Gasteiger partial charge in [0.25, 0.3) is 0 Å². The molecule has 0 spiro atoms. The minimum Gasteiger partial charge on any atom is -0.508 e. The van der Waals surface area contributed by atoms with E-state index in [4.69, 9.17) is 4.74 Å². The fraction of sp³-hybridized carbons (Fsp3) is 0.500. The number of rotatable bonds is 13. The van der Waals surface area contributed by atoms with Crippen LogP contribution in [-0.2, 0) is 9.59 Å². The molecule has 1 aromatic rings. The molecule has 0 heterocycles. The number of aryl methyl sites for hydroxylation is 1. The third-order valence-corrected chi connectivity index (χ3v) is 5.40. The lowest BCUT2D eigenvalue weighted by molar-refractivity contribution is -0.118. The molecule has 3 N–H and O–H groups in total. The van der Waals surface area contributed by atoms with E-state index in [9.17, 15) is 24.9 Å². The van der Waals surface area contributed by atoms with E-state index in [2.05, 4.69) is 0 Å². The van der Waals surface area contributed by atoms with Gasteiger partial charge in [0.05, 0.1) is 18.3 Å². The number of benzene rings is 1. The van der Waals surface area contributed by atoms with Crippen molar-refractivity contribution in [1.29, 1.82) is 0 Å². The molecular formula is C28H40O6. The zero-order valence-corrected chi connectivity index (χ0v) is 21.5. The van der Waals surface area contributed by atoms with E-state index >= 15 is 0 Å². The fourth-order valence-electron chi connectivity index (χ4n) is 3.54. The van der Waals surface area contributed by atoms with Crippen molar-refractivity contribution in [2.24, 2.45) is 5.92 Å². The second-order valence-corrected chi connectivity index (χ2v) is 9.89. The second-order valence-electron chi connectivity index (χ2n) is 9.89. The zero-order valence-electron chi connectivity index (χ0n) is 21.5. The molecule has 34 heavy (non-hydrogen) atoms. The van der Waals surface area contributed by atoms with E-state index in [1.54, 1.807) is 39.0 Å². The van der Waals surface area contributed by atoms with Crippen LogP contribution < -0.4 is 4.74 Å². The lowest BCUT2D eigenvalue weighted by Crippen LogP contribution is -2.24. The molecule has 6 heteroatoms. The molecule has 1 rings (SSSR count). The number of phenols is 1. The highest BCUT2D eigenvalue weighted by atomic mass is 16.5. The minimum absolute atomic E-state index is 0.0266. The number of hydrogen-bond donors (Lipinski definition) is 3. The third kappa shape index (κ3) is 10.9. The van der Waals surface area contributed by atoms with Gasteiger partial charge in [0.15, 0.2) is 11.6 Å². The number of ketones is 2. The molecule has 0 aliphatic heterocycles. The molecule has 2 atom stereocenters. The van der Waals surface area contributed by atoms with Gasteiger partial charge in [-0.2, -0.15) is 0 Å². The molecular weight excluding hydrogens is 432 g/mol. The molecule has 0 amide bonds. The van der Waals surface area contributed by atoms with Gasteiger partial charge in [0.1, 0.15) is 11.5 Å². The van der Waals surface area contributed by atoms with Crippen LogP contribution in [0, 0.1) is 12.8 Å². The maximum Gasteiger partial charge on any atom is 0.158 e. The number of aromatic hydroxyl groups is 1. The van der Waals surface area contributed by atoms with E-state index in [1.165, 1.54) is 31.4 Å². The van der Waals surface area contributed by atoms with Gasteiger partial charge in [0.2, 0.25) is 0 Å². The SMILES string of the molecule is COc1c(C)cc(O)cc1C=C[C@@](C)(O)CC(=O)C=C(C)CCC[C@@H](C)C(=O)C=CC(C)(C)O. The van der Waals surface area contributed by atoms with E-state index in [0.29, 0.717) is 24.2 Å². The van der Waals surface area contributed by atoms with Gasteiger partial charge >= 0.3 is 0 Å². The van der Waals surface area contributed by atoms with Crippen LogP contribution in [0.25, 0.3) is 6.08 Å². The predicted octanol–water partition coefficient (Wildman–Crippen LogP) is 5.08. The van der Waals surface area contributed by atoms with Crippen LogP contribution in [0.3, 0.4) is 0 Å². The lowest BCUT2D eigenvalue weighted by atomic mass is 9.94. The maximum atomic E-state index is 12.5. The van der Waals surface area contributed by atoms with E-state index in [0.717, 1.165) is 17.6 Å². The Bertz CT molecular complexity index is 944. The van der Waals surface area contributed by atoms with Gasteiger partial charge < -0.3 is 20.1 Å². The average Bonchev–Trinajstić information content (AvgIpc) is 2.68. The minimum atomic E-state index is -1.37. The van der Waals surface area contributed by atoms with Crippen molar-refractivity contribution >= 4 is 17.6 Å². The number of allylic oxidation sites excluding steroid dienone is 3. The Morgan fingerprint density at radius 1 is 1.15 bits per heavy atom. The zero-order chi connectivity index (χ0) is 26.1. The summed E-state index contributed by atoms with van der Waals surface area (Å²) in [5.41, 5.74) is -0.117. The van der Waals surface area contributed by atoms with Crippen LogP contribution in [0.5, 0.6) is 11.5 Å². The third-order valence-electron chi connectivity index (χ3n) is 5.40. The normalized spacial score (nSPS) is 15.5. The Morgan fingerprint density at radius 2 is 1.79 bits per heavy atom. The van der Waals surface area contributed by atoms with Crippen molar-refractivity contribution in [3.8, 4) is 11.5 Å². The van der Waals surface area contributed by atoms with Crippen LogP contribution in [0.15, 0.2) is 42.0 Å². The fourth-order valence-corrected chi connectivity index (χ4v) is 3.54. The molecule has 0 unspecified atom stereocenters. The van der Waals surface area contributed by atoms with Crippen molar-refractivity contribution in [3.05, 3.63) is 53.1 Å². The van der Waals surface area contributed by atoms with E-state index in [-0.39, 0.29) is 29.7 Å². The molecule has 6 nitrogen and oxygen atoms in total. The first-order valence-corrected chi connectivity index (χ1v) is 11.6. The first-order valence-electron chi connectivity index (χ1n) is 11.6. The second kappa shape index (κ2) is 12.7. The number of hydrogen-bond acceptors (Lipinski definition) is 6. The molecule has 0 saturated carbocycles. The monoisotopic (exact) mass is 472 g/mol. The summed E-state index contributed by atoms with van der Waals surface area (Å²) in [5, 5.41) is 30.2. The van der Waals surface area contributed by atoms with Crippen molar-refractivity contribution in [3.63, 3.8) is 0 Å². The largest absolute Gasteiger partial charge is 0.508 e. The van der Waals surface area contributed by atoms with Gasteiger partial charge in [-0.3, -0.25) is 9.59 Å². The number of methoxy groups -OCH3 is 1. The average molecular weight is 473 g/mol. The Labute approximate surface area is 203 Å². The summed E-state index contributed by atoms with van der Waals surface area (Å²) in [6.45, 7) is 10.3. The Balaban J connectivity index is 2.65. The molecule has 0 aromatic heterocycles. The van der Waals surface area contributed by atoms with Gasteiger partial charge in [-0.25, -0.2) is 0 Å². The Hall–Kier alpha value is -2.70. The smallest absolute Gasteiger partial charge is 0.158 e. The van der Waals surface area contributed by atoms with Crippen LogP contribution in [0.1, 0.15) is 71.4 Å².